The van der Waals surface area contributed by atoms with E-state index >= 15 is 0 Å². The van der Waals surface area contributed by atoms with Crippen molar-refractivity contribution in [3.05, 3.63) is 34.7 Å². The summed E-state index contributed by atoms with van der Waals surface area (Å²) >= 11 is 0. The van der Waals surface area contributed by atoms with Gasteiger partial charge in [-0.1, -0.05) is 12.1 Å². The maximum Gasteiger partial charge on any atom is 0.329 e. The third-order valence-electron chi connectivity index (χ3n) is 4.15. The third-order valence-corrected chi connectivity index (χ3v) is 4.15. The first-order valence-corrected chi connectivity index (χ1v) is 7.73. The number of rotatable bonds is 5. The molecule has 6 nitrogen and oxygen atoms in total. The van der Waals surface area contributed by atoms with E-state index < -0.39 is 0 Å². The lowest BCUT2D eigenvalue weighted by Gasteiger charge is -2.09. The first-order chi connectivity index (χ1) is 10.7. The molecule has 1 saturated heterocycles. The van der Waals surface area contributed by atoms with Crippen molar-refractivity contribution in [1.82, 2.24) is 14.5 Å². The van der Waals surface area contributed by atoms with Crippen LogP contribution < -0.4 is 11.0 Å². The lowest BCUT2D eigenvalue weighted by molar-refractivity contribution is -0.121. The number of carbonyl (C=O) groups is 1. The zero-order valence-corrected chi connectivity index (χ0v) is 12.7. The summed E-state index contributed by atoms with van der Waals surface area (Å²) in [5.74, 6) is 0.255. The third kappa shape index (κ3) is 2.78. The topological polar surface area (TPSA) is 65.3 Å². The van der Waals surface area contributed by atoms with Gasteiger partial charge in [0, 0.05) is 25.6 Å². The molecule has 0 saturated carbocycles. The summed E-state index contributed by atoms with van der Waals surface area (Å²) in [7, 11) is 0. The number of aromatic nitrogens is 2. The van der Waals surface area contributed by atoms with E-state index in [1.165, 1.54) is 0 Å². The van der Waals surface area contributed by atoms with Crippen LogP contribution in [0.4, 0.5) is 0 Å². The van der Waals surface area contributed by atoms with E-state index in [0.29, 0.717) is 25.6 Å². The van der Waals surface area contributed by atoms with Gasteiger partial charge in [-0.2, -0.15) is 0 Å². The first kappa shape index (κ1) is 14.8. The average molecular weight is 303 g/mol. The molecule has 0 aliphatic carbocycles. The van der Waals surface area contributed by atoms with Gasteiger partial charge in [0.15, 0.2) is 0 Å². The van der Waals surface area contributed by atoms with Crippen LogP contribution in [0.2, 0.25) is 0 Å². The number of hydrogen-bond acceptors (Lipinski definition) is 3. The molecule has 1 aromatic carbocycles. The molecule has 0 radical (unpaired) electrons. The Kier molecular flexibility index (Phi) is 4.29. The molecule has 1 fully saturated rings. The normalized spacial score (nSPS) is 18.0. The van der Waals surface area contributed by atoms with E-state index in [9.17, 15) is 9.59 Å². The fourth-order valence-corrected chi connectivity index (χ4v) is 2.93. The molecule has 0 spiro atoms. The van der Waals surface area contributed by atoms with Gasteiger partial charge in [0.25, 0.3) is 0 Å². The number of aryl methyl sites for hydroxylation is 1. The van der Waals surface area contributed by atoms with Crippen LogP contribution in [0.15, 0.2) is 29.1 Å². The second kappa shape index (κ2) is 6.36. The van der Waals surface area contributed by atoms with E-state index in [1.54, 1.807) is 9.13 Å². The number of amides is 1. The summed E-state index contributed by atoms with van der Waals surface area (Å²) in [6.07, 6.45) is 0.982. The molecule has 1 aliphatic rings. The van der Waals surface area contributed by atoms with E-state index in [1.807, 2.05) is 31.2 Å². The summed E-state index contributed by atoms with van der Waals surface area (Å²) < 4.78 is 8.52. The highest BCUT2D eigenvalue weighted by Crippen LogP contribution is 2.13. The minimum atomic E-state index is -0.136. The van der Waals surface area contributed by atoms with Crippen LogP contribution in [0.1, 0.15) is 13.3 Å². The number of fused-ring (bicyclic) bond motifs is 1. The van der Waals surface area contributed by atoms with E-state index in [4.69, 9.17) is 4.74 Å². The van der Waals surface area contributed by atoms with Crippen molar-refractivity contribution in [2.45, 2.75) is 26.4 Å². The predicted molar refractivity (Wildman–Crippen MR) is 83.8 cm³/mol. The highest BCUT2D eigenvalue weighted by atomic mass is 16.5. The van der Waals surface area contributed by atoms with Gasteiger partial charge in [-0.25, -0.2) is 4.79 Å². The van der Waals surface area contributed by atoms with Gasteiger partial charge >= 0.3 is 5.69 Å². The number of imidazole rings is 1. The molecule has 1 aromatic heterocycles. The minimum Gasteiger partial charge on any atom is -0.381 e. The van der Waals surface area contributed by atoms with Crippen LogP contribution in [-0.2, 0) is 22.6 Å². The van der Waals surface area contributed by atoms with Gasteiger partial charge in [0.1, 0.15) is 6.54 Å². The molecule has 2 heterocycles. The SMILES string of the molecule is CCn1c(=O)n(CC(=O)NCC2CCOC2)c2ccccc21. The Morgan fingerprint density at radius 3 is 2.68 bits per heavy atom. The summed E-state index contributed by atoms with van der Waals surface area (Å²) in [5, 5.41) is 2.90. The van der Waals surface area contributed by atoms with Gasteiger partial charge in [-0.05, 0) is 25.5 Å². The molecular weight excluding hydrogens is 282 g/mol. The second-order valence-electron chi connectivity index (χ2n) is 5.64. The molecule has 1 N–H and O–H groups in total. The zero-order valence-electron chi connectivity index (χ0n) is 12.7. The number of carbonyl (C=O) groups excluding carboxylic acids is 1. The molecule has 1 amide bonds. The molecule has 22 heavy (non-hydrogen) atoms. The maximum absolute atomic E-state index is 12.4. The highest BCUT2D eigenvalue weighted by molar-refractivity contribution is 5.80. The molecule has 118 valence electrons. The molecule has 1 unspecified atom stereocenters. The van der Waals surface area contributed by atoms with Crippen molar-refractivity contribution in [2.75, 3.05) is 19.8 Å². The standard InChI is InChI=1S/C16H21N3O3/c1-2-18-13-5-3-4-6-14(13)19(16(18)21)10-15(20)17-9-12-7-8-22-11-12/h3-6,12H,2,7-11H2,1H3,(H,17,20). The van der Waals surface area contributed by atoms with Crippen LogP contribution >= 0.6 is 0 Å². The number of ether oxygens (including phenoxy) is 1. The smallest absolute Gasteiger partial charge is 0.329 e. The Morgan fingerprint density at radius 2 is 2.05 bits per heavy atom. The van der Waals surface area contributed by atoms with Crippen molar-refractivity contribution < 1.29 is 9.53 Å². The number of para-hydroxylation sites is 2. The van der Waals surface area contributed by atoms with Crippen LogP contribution in [0.3, 0.4) is 0 Å². The predicted octanol–water partition coefficient (Wildman–Crippen LogP) is 0.976. The van der Waals surface area contributed by atoms with Crippen LogP contribution in [0, 0.1) is 5.92 Å². The largest absolute Gasteiger partial charge is 0.381 e. The van der Waals surface area contributed by atoms with E-state index in [-0.39, 0.29) is 18.1 Å². The van der Waals surface area contributed by atoms with Crippen molar-refractivity contribution in [1.29, 1.82) is 0 Å². The number of nitrogens with one attached hydrogen (secondary N) is 1. The monoisotopic (exact) mass is 303 g/mol. The van der Waals surface area contributed by atoms with Gasteiger partial charge in [0.2, 0.25) is 5.91 Å². The Morgan fingerprint density at radius 1 is 1.32 bits per heavy atom. The lowest BCUT2D eigenvalue weighted by atomic mass is 10.1. The minimum absolute atomic E-state index is 0.0555. The van der Waals surface area contributed by atoms with Gasteiger partial charge in [-0.3, -0.25) is 13.9 Å². The fourth-order valence-electron chi connectivity index (χ4n) is 2.93. The Bertz CT molecular complexity index is 726. The van der Waals surface area contributed by atoms with E-state index in [0.717, 1.165) is 24.1 Å². The fraction of sp³-hybridized carbons (Fsp3) is 0.500. The number of benzene rings is 1. The van der Waals surface area contributed by atoms with Gasteiger partial charge in [0.05, 0.1) is 17.6 Å². The molecule has 0 bridgehead atoms. The molecule has 6 heteroatoms. The van der Waals surface area contributed by atoms with Crippen molar-refractivity contribution in [3.63, 3.8) is 0 Å². The summed E-state index contributed by atoms with van der Waals surface area (Å²) in [4.78, 5) is 24.6. The van der Waals surface area contributed by atoms with Crippen molar-refractivity contribution >= 4 is 16.9 Å². The number of hydrogen-bond donors (Lipinski definition) is 1. The van der Waals surface area contributed by atoms with Crippen LogP contribution in [0.5, 0.6) is 0 Å². The summed E-state index contributed by atoms with van der Waals surface area (Å²) in [5.41, 5.74) is 1.53. The van der Waals surface area contributed by atoms with Crippen LogP contribution in [-0.4, -0.2) is 34.8 Å². The Hall–Kier alpha value is -2.08. The van der Waals surface area contributed by atoms with Gasteiger partial charge in [-0.15, -0.1) is 0 Å². The Labute approximate surface area is 128 Å². The average Bonchev–Trinajstić information content (AvgIpc) is 3.13. The lowest BCUT2D eigenvalue weighted by Crippen LogP contribution is -2.35. The van der Waals surface area contributed by atoms with Crippen molar-refractivity contribution in [3.8, 4) is 0 Å². The maximum atomic E-state index is 12.4. The summed E-state index contributed by atoms with van der Waals surface area (Å²) in [6.45, 7) is 4.66. The molecule has 1 aliphatic heterocycles. The quantitative estimate of drug-likeness (QED) is 0.895. The molecule has 2 aromatic rings. The molecule has 3 rings (SSSR count). The zero-order chi connectivity index (χ0) is 15.5. The summed E-state index contributed by atoms with van der Waals surface area (Å²) in [6, 6.07) is 7.57. The second-order valence-corrected chi connectivity index (χ2v) is 5.64. The number of nitrogens with zero attached hydrogens (tertiary/aromatic N) is 2. The molecule has 1 atom stereocenters. The van der Waals surface area contributed by atoms with Crippen molar-refractivity contribution in [2.24, 2.45) is 5.92 Å². The Balaban J connectivity index is 1.77. The van der Waals surface area contributed by atoms with Crippen LogP contribution in [0.25, 0.3) is 11.0 Å². The highest BCUT2D eigenvalue weighted by Gasteiger charge is 2.18. The van der Waals surface area contributed by atoms with Gasteiger partial charge < -0.3 is 10.1 Å². The first-order valence-electron chi connectivity index (χ1n) is 7.73. The van der Waals surface area contributed by atoms with E-state index in [2.05, 4.69) is 5.32 Å². The molecular formula is C16H21N3O3.